The summed E-state index contributed by atoms with van der Waals surface area (Å²) in [6, 6.07) is 9.44. The Morgan fingerprint density at radius 3 is 2.33 bits per heavy atom. The average molecular weight is 348 g/mol. The largest absolute Gasteiger partial charge is 0.323 e. The van der Waals surface area contributed by atoms with Crippen LogP contribution in [0.4, 0.5) is 20.2 Å². The van der Waals surface area contributed by atoms with Gasteiger partial charge < -0.3 is 10.6 Å². The molecule has 2 aliphatic rings. The second kappa shape index (κ2) is 6.60. The Kier molecular flexibility index (Phi) is 4.53. The number of carbonyl (C=O) groups excluding carboxylic acids is 2. The zero-order chi connectivity index (χ0) is 17.3. The molecule has 0 fully saturated rings. The van der Waals surface area contributed by atoms with E-state index >= 15 is 0 Å². The van der Waals surface area contributed by atoms with E-state index < -0.39 is 0 Å². The maximum atomic E-state index is 13.1. The third-order valence-electron chi connectivity index (χ3n) is 3.77. The van der Waals surface area contributed by atoms with Crippen LogP contribution in [-0.4, -0.2) is 18.1 Å². The molecule has 2 heterocycles. The van der Waals surface area contributed by atoms with Gasteiger partial charge in [0.1, 0.15) is 16.9 Å². The molecular formula is C17H14F2N2O2S. The molecule has 0 aliphatic carbocycles. The Labute approximate surface area is 141 Å². The quantitative estimate of drug-likeness (QED) is 0.829. The molecule has 2 aliphatic heterocycles. The molecule has 4 rings (SSSR count). The average Bonchev–Trinajstić information content (AvgIpc) is 3.08. The minimum absolute atomic E-state index is 0.132. The van der Waals surface area contributed by atoms with Gasteiger partial charge in [-0.1, -0.05) is 24.3 Å². The van der Waals surface area contributed by atoms with Gasteiger partial charge in [0.05, 0.1) is 17.8 Å². The number of nitrogens with one attached hydrogen (secondary N) is 2. The predicted octanol–water partition coefficient (Wildman–Crippen LogP) is 3.50. The standard InChI is InChI=1S/C9H8FNOS.C8H6FNO/c1-13-8-5-3-2-4-6(10)7(5)11-9(8)12;9-6-3-1-2-5-4-7(11)10-8(5)6/h2-4,8H,1H3,(H,11,12);1-3H,4H2,(H,10,11). The summed E-state index contributed by atoms with van der Waals surface area (Å²) in [6.07, 6.45) is 2.14. The molecule has 0 bridgehead atoms. The Balaban J connectivity index is 0.000000143. The van der Waals surface area contributed by atoms with E-state index in [9.17, 15) is 18.4 Å². The number of hydrogen-bond donors (Lipinski definition) is 2. The molecule has 1 unspecified atom stereocenters. The Bertz CT molecular complexity index is 826. The fourth-order valence-corrected chi connectivity index (χ4v) is 3.39. The number of anilines is 2. The van der Waals surface area contributed by atoms with E-state index in [1.807, 2.05) is 6.26 Å². The van der Waals surface area contributed by atoms with Gasteiger partial charge in [-0.3, -0.25) is 9.59 Å². The van der Waals surface area contributed by atoms with Crippen LogP contribution in [0.1, 0.15) is 16.4 Å². The number of carbonyl (C=O) groups is 2. The van der Waals surface area contributed by atoms with Crippen molar-refractivity contribution in [2.24, 2.45) is 0 Å². The lowest BCUT2D eigenvalue weighted by Crippen LogP contribution is -2.08. The first-order valence-corrected chi connectivity index (χ1v) is 8.49. The van der Waals surface area contributed by atoms with Crippen LogP contribution in [0.3, 0.4) is 0 Å². The van der Waals surface area contributed by atoms with Crippen molar-refractivity contribution in [3.05, 3.63) is 59.2 Å². The zero-order valence-corrected chi connectivity index (χ0v) is 13.5. The number of para-hydroxylation sites is 2. The van der Waals surface area contributed by atoms with Gasteiger partial charge >= 0.3 is 0 Å². The molecule has 0 saturated heterocycles. The highest BCUT2D eigenvalue weighted by Gasteiger charge is 2.31. The smallest absolute Gasteiger partial charge is 0.242 e. The lowest BCUT2D eigenvalue weighted by Gasteiger charge is -2.02. The first-order chi connectivity index (χ1) is 11.5. The van der Waals surface area contributed by atoms with Gasteiger partial charge in [-0.05, 0) is 24.0 Å². The van der Waals surface area contributed by atoms with Crippen LogP contribution >= 0.6 is 11.8 Å². The normalized spacial score (nSPS) is 17.4. The molecule has 124 valence electrons. The molecule has 2 N–H and O–H groups in total. The third kappa shape index (κ3) is 2.99. The van der Waals surface area contributed by atoms with Crippen LogP contribution in [0.25, 0.3) is 0 Å². The maximum absolute atomic E-state index is 13.1. The predicted molar refractivity (Wildman–Crippen MR) is 90.0 cm³/mol. The highest BCUT2D eigenvalue weighted by molar-refractivity contribution is 7.99. The van der Waals surface area contributed by atoms with Gasteiger partial charge in [0.15, 0.2) is 0 Å². The highest BCUT2D eigenvalue weighted by Crippen LogP contribution is 2.39. The van der Waals surface area contributed by atoms with Gasteiger partial charge in [-0.2, -0.15) is 0 Å². The molecule has 7 heteroatoms. The number of rotatable bonds is 1. The minimum Gasteiger partial charge on any atom is -0.323 e. The van der Waals surface area contributed by atoms with Crippen molar-refractivity contribution in [2.75, 3.05) is 16.9 Å². The summed E-state index contributed by atoms with van der Waals surface area (Å²) in [5, 5.41) is 4.72. The van der Waals surface area contributed by atoms with Crippen molar-refractivity contribution in [3.8, 4) is 0 Å². The van der Waals surface area contributed by atoms with E-state index in [-0.39, 0.29) is 28.7 Å². The second-order valence-corrected chi connectivity index (χ2v) is 6.25. The van der Waals surface area contributed by atoms with E-state index in [0.717, 1.165) is 11.1 Å². The SMILES string of the molecule is CSC1C(=O)Nc2c(F)cccc21.O=C1Cc2cccc(F)c2N1. The van der Waals surface area contributed by atoms with E-state index in [1.165, 1.54) is 23.9 Å². The molecule has 0 aromatic heterocycles. The number of thioether (sulfide) groups is 1. The number of halogens is 2. The van der Waals surface area contributed by atoms with Gasteiger partial charge in [0.2, 0.25) is 11.8 Å². The van der Waals surface area contributed by atoms with E-state index in [2.05, 4.69) is 10.6 Å². The van der Waals surface area contributed by atoms with E-state index in [4.69, 9.17) is 0 Å². The van der Waals surface area contributed by atoms with Crippen LogP contribution in [0.15, 0.2) is 36.4 Å². The van der Waals surface area contributed by atoms with Gasteiger partial charge in [-0.25, -0.2) is 8.78 Å². The molecule has 2 aromatic rings. The first-order valence-electron chi connectivity index (χ1n) is 7.20. The summed E-state index contributed by atoms with van der Waals surface area (Å²) in [5.74, 6) is -0.978. The van der Waals surface area contributed by atoms with Crippen molar-refractivity contribution in [3.63, 3.8) is 0 Å². The summed E-state index contributed by atoms with van der Waals surface area (Å²) >= 11 is 1.41. The molecule has 24 heavy (non-hydrogen) atoms. The zero-order valence-electron chi connectivity index (χ0n) is 12.7. The molecule has 2 aromatic carbocycles. The Morgan fingerprint density at radius 1 is 1.00 bits per heavy atom. The van der Waals surface area contributed by atoms with Crippen molar-refractivity contribution < 1.29 is 18.4 Å². The van der Waals surface area contributed by atoms with Crippen LogP contribution in [-0.2, 0) is 16.0 Å². The molecule has 1 atom stereocenters. The topological polar surface area (TPSA) is 58.2 Å². The molecular weight excluding hydrogens is 334 g/mol. The van der Waals surface area contributed by atoms with E-state index in [1.54, 1.807) is 24.3 Å². The number of amides is 2. The number of fused-ring (bicyclic) bond motifs is 2. The molecule has 2 amide bonds. The fourth-order valence-electron chi connectivity index (χ4n) is 2.67. The van der Waals surface area contributed by atoms with Crippen molar-refractivity contribution in [1.29, 1.82) is 0 Å². The Hall–Kier alpha value is -2.41. The lowest BCUT2D eigenvalue weighted by atomic mass is 10.1. The summed E-state index contributed by atoms with van der Waals surface area (Å²) in [6.45, 7) is 0. The lowest BCUT2D eigenvalue weighted by molar-refractivity contribution is -0.116. The van der Waals surface area contributed by atoms with Gasteiger partial charge in [0, 0.05) is 5.56 Å². The molecule has 0 radical (unpaired) electrons. The van der Waals surface area contributed by atoms with Gasteiger partial charge in [0.25, 0.3) is 0 Å². The minimum atomic E-state index is -0.359. The molecule has 4 nitrogen and oxygen atoms in total. The highest BCUT2D eigenvalue weighted by atomic mass is 32.2. The fraction of sp³-hybridized carbons (Fsp3) is 0.176. The van der Waals surface area contributed by atoms with Crippen molar-refractivity contribution >= 4 is 35.0 Å². The first kappa shape index (κ1) is 16.4. The third-order valence-corrected chi connectivity index (χ3v) is 4.71. The Morgan fingerprint density at radius 2 is 1.67 bits per heavy atom. The van der Waals surface area contributed by atoms with Crippen LogP contribution in [0.2, 0.25) is 0 Å². The summed E-state index contributed by atoms with van der Waals surface area (Å²) in [7, 11) is 0. The monoisotopic (exact) mass is 348 g/mol. The second-order valence-electron chi connectivity index (χ2n) is 5.31. The number of hydrogen-bond acceptors (Lipinski definition) is 3. The van der Waals surface area contributed by atoms with E-state index in [0.29, 0.717) is 17.8 Å². The summed E-state index contributed by atoms with van der Waals surface area (Å²) < 4.78 is 26.0. The maximum Gasteiger partial charge on any atom is 0.242 e. The van der Waals surface area contributed by atoms with Crippen LogP contribution in [0, 0.1) is 11.6 Å². The molecule has 0 saturated carbocycles. The summed E-state index contributed by atoms with van der Waals surface area (Å²) in [5.41, 5.74) is 2.18. The van der Waals surface area contributed by atoms with Crippen molar-refractivity contribution in [2.45, 2.75) is 11.7 Å². The van der Waals surface area contributed by atoms with Crippen LogP contribution in [0.5, 0.6) is 0 Å². The molecule has 0 spiro atoms. The van der Waals surface area contributed by atoms with Crippen LogP contribution < -0.4 is 10.6 Å². The number of benzene rings is 2. The van der Waals surface area contributed by atoms with Gasteiger partial charge in [-0.15, -0.1) is 11.8 Å². The van der Waals surface area contributed by atoms with Crippen molar-refractivity contribution in [1.82, 2.24) is 0 Å². The summed E-state index contributed by atoms with van der Waals surface area (Å²) in [4.78, 5) is 22.1.